The van der Waals surface area contributed by atoms with E-state index in [4.69, 9.17) is 18.9 Å². The zero-order valence-corrected chi connectivity index (χ0v) is 22.6. The van der Waals surface area contributed by atoms with Crippen molar-refractivity contribution in [1.82, 2.24) is 0 Å². The summed E-state index contributed by atoms with van der Waals surface area (Å²) in [6.07, 6.45) is 12.6. The van der Waals surface area contributed by atoms with Crippen LogP contribution in [0.15, 0.2) is 11.6 Å². The molecule has 36 heavy (non-hydrogen) atoms. The quantitative estimate of drug-likeness (QED) is 0.365. The molecule has 2 aliphatic heterocycles. The maximum Gasteiger partial charge on any atom is 0.159 e. The molecule has 5 nitrogen and oxygen atoms in total. The Balaban J connectivity index is 1.55. The van der Waals surface area contributed by atoms with Crippen LogP contribution in [0.3, 0.4) is 0 Å². The number of aliphatic hydroxyl groups is 1. The molecule has 0 aromatic carbocycles. The van der Waals surface area contributed by atoms with Crippen molar-refractivity contribution in [3.63, 3.8) is 0 Å². The van der Waals surface area contributed by atoms with Gasteiger partial charge in [-0.05, 0) is 69.6 Å². The third kappa shape index (κ3) is 7.37. The third-order valence-corrected chi connectivity index (χ3v) is 8.23. The normalized spacial score (nSPS) is 34.4. The molecule has 4 aliphatic rings. The molecule has 2 unspecified atom stereocenters. The van der Waals surface area contributed by atoms with Crippen molar-refractivity contribution in [2.45, 2.75) is 116 Å². The molecule has 5 heteroatoms. The molecule has 0 aromatic heterocycles. The van der Waals surface area contributed by atoms with Crippen molar-refractivity contribution in [1.29, 1.82) is 0 Å². The van der Waals surface area contributed by atoms with E-state index in [1.807, 2.05) is 6.08 Å². The molecule has 200 valence electrons. The summed E-state index contributed by atoms with van der Waals surface area (Å²) in [5.41, 5.74) is 1.15. The largest absolute Gasteiger partial charge is 0.392 e. The van der Waals surface area contributed by atoms with Crippen molar-refractivity contribution >= 4 is 0 Å². The minimum atomic E-state index is -0.258. The second-order valence-corrected chi connectivity index (χ2v) is 11.6. The van der Waals surface area contributed by atoms with Crippen LogP contribution in [0.4, 0.5) is 0 Å². The molecule has 2 heterocycles. The highest BCUT2D eigenvalue weighted by atomic mass is 16.7. The molecule has 2 aliphatic carbocycles. The molecule has 0 radical (unpaired) electrons. The van der Waals surface area contributed by atoms with Gasteiger partial charge in [0.25, 0.3) is 0 Å². The summed E-state index contributed by atoms with van der Waals surface area (Å²) >= 11 is 0. The van der Waals surface area contributed by atoms with Crippen LogP contribution in [0.2, 0.25) is 0 Å². The van der Waals surface area contributed by atoms with Crippen molar-refractivity contribution in [3.05, 3.63) is 11.6 Å². The third-order valence-electron chi connectivity index (χ3n) is 8.23. The lowest BCUT2D eigenvalue weighted by Gasteiger charge is -2.34. The lowest BCUT2D eigenvalue weighted by atomic mass is 9.82. The van der Waals surface area contributed by atoms with E-state index in [2.05, 4.69) is 44.5 Å². The van der Waals surface area contributed by atoms with Crippen molar-refractivity contribution < 1.29 is 24.1 Å². The molecule has 2 saturated carbocycles. The van der Waals surface area contributed by atoms with Crippen LogP contribution in [0.25, 0.3) is 0 Å². The van der Waals surface area contributed by atoms with Gasteiger partial charge in [-0.25, -0.2) is 0 Å². The molecule has 0 spiro atoms. The number of ether oxygens (including phenoxy) is 4. The predicted octanol–water partition coefficient (Wildman–Crippen LogP) is 5.61. The molecule has 2 saturated heterocycles. The number of aliphatic hydroxyl groups excluding tert-OH is 1. The number of allylic oxidation sites excluding steroid dienone is 1. The zero-order chi connectivity index (χ0) is 25.4. The number of hydrogen-bond donors (Lipinski definition) is 1. The van der Waals surface area contributed by atoms with Gasteiger partial charge in [-0.15, -0.1) is 11.8 Å². The molecule has 0 bridgehead atoms. The highest BCUT2D eigenvalue weighted by molar-refractivity contribution is 5.23. The summed E-state index contributed by atoms with van der Waals surface area (Å²) in [6, 6.07) is 0. The van der Waals surface area contributed by atoms with E-state index in [0.717, 1.165) is 83.8 Å². The smallest absolute Gasteiger partial charge is 0.159 e. The van der Waals surface area contributed by atoms with Gasteiger partial charge < -0.3 is 24.1 Å². The Morgan fingerprint density at radius 1 is 1.06 bits per heavy atom. The second-order valence-electron chi connectivity index (χ2n) is 11.6. The molecule has 0 amide bonds. The molecule has 4 fully saturated rings. The zero-order valence-electron chi connectivity index (χ0n) is 22.6. The maximum absolute atomic E-state index is 9.45. The van der Waals surface area contributed by atoms with Crippen LogP contribution in [0, 0.1) is 46.9 Å². The molecular formula is C31H46O5. The van der Waals surface area contributed by atoms with Gasteiger partial charge in [-0.1, -0.05) is 44.3 Å². The fraction of sp³-hybridized carbons (Fsp3) is 0.806. The highest BCUT2D eigenvalue weighted by Gasteiger charge is 2.48. The van der Waals surface area contributed by atoms with Crippen LogP contribution < -0.4 is 0 Å². The molecule has 7 atom stereocenters. The van der Waals surface area contributed by atoms with Crippen molar-refractivity contribution in [2.75, 3.05) is 19.8 Å². The van der Waals surface area contributed by atoms with Gasteiger partial charge in [0.15, 0.2) is 12.6 Å². The number of fused-ring (bicyclic) bond motifs is 1. The molecule has 4 rings (SSSR count). The summed E-state index contributed by atoms with van der Waals surface area (Å²) < 4.78 is 25.0. The van der Waals surface area contributed by atoms with E-state index >= 15 is 0 Å². The van der Waals surface area contributed by atoms with Crippen LogP contribution in [-0.4, -0.2) is 49.7 Å². The Kier molecular flexibility index (Phi) is 10.3. The van der Waals surface area contributed by atoms with Crippen LogP contribution in [0.5, 0.6) is 0 Å². The predicted molar refractivity (Wildman–Crippen MR) is 141 cm³/mol. The summed E-state index contributed by atoms with van der Waals surface area (Å²) in [6.45, 7) is 8.15. The van der Waals surface area contributed by atoms with Gasteiger partial charge in [0, 0.05) is 31.5 Å². The molecule has 1 N–H and O–H groups in total. The number of rotatable bonds is 7. The van der Waals surface area contributed by atoms with Crippen LogP contribution in [-0.2, 0) is 18.9 Å². The van der Waals surface area contributed by atoms with E-state index in [9.17, 15) is 5.11 Å². The van der Waals surface area contributed by atoms with Gasteiger partial charge in [0.2, 0.25) is 0 Å². The Morgan fingerprint density at radius 2 is 1.81 bits per heavy atom. The van der Waals surface area contributed by atoms with Crippen molar-refractivity contribution in [3.8, 4) is 23.7 Å². The Morgan fingerprint density at radius 3 is 2.47 bits per heavy atom. The topological polar surface area (TPSA) is 57.2 Å². The lowest BCUT2D eigenvalue weighted by Crippen LogP contribution is -2.37. The summed E-state index contributed by atoms with van der Waals surface area (Å²) in [4.78, 5) is 0. The fourth-order valence-corrected chi connectivity index (χ4v) is 6.15. The average Bonchev–Trinajstić information content (AvgIpc) is 3.40. The van der Waals surface area contributed by atoms with Gasteiger partial charge in [0.05, 0.1) is 18.6 Å². The van der Waals surface area contributed by atoms with E-state index < -0.39 is 0 Å². The summed E-state index contributed by atoms with van der Waals surface area (Å²) in [5.74, 6) is 15.0. The first-order valence-electron chi connectivity index (χ1n) is 14.3. The van der Waals surface area contributed by atoms with Gasteiger partial charge in [-0.3, -0.25) is 0 Å². The van der Waals surface area contributed by atoms with Gasteiger partial charge >= 0.3 is 0 Å². The van der Waals surface area contributed by atoms with Crippen LogP contribution >= 0.6 is 0 Å². The van der Waals surface area contributed by atoms with Crippen LogP contribution in [0.1, 0.15) is 91.4 Å². The Bertz CT molecular complexity index is 844. The number of hydrogen-bond acceptors (Lipinski definition) is 5. The standard InChI is InChI=1S/C31H46O5/c1-4-5-8-16-31(2,3)28(36-30-12-7-10-19-34-30)14-13-25-26-21-23(15-17-32)20-24(26)22-27(25)35-29-11-6-9-18-33-29/h15,24-30,32H,4,6-7,9-12,16-22H2,1-3H3/t24-,25+,26-,27+,28+,29?,30?/m0/s1. The van der Waals surface area contributed by atoms with E-state index in [0.29, 0.717) is 11.8 Å². The first-order valence-corrected chi connectivity index (χ1v) is 14.3. The minimum Gasteiger partial charge on any atom is -0.392 e. The van der Waals surface area contributed by atoms with Gasteiger partial charge in [-0.2, -0.15) is 0 Å². The lowest BCUT2D eigenvalue weighted by molar-refractivity contribution is -0.194. The van der Waals surface area contributed by atoms with E-state index in [1.165, 1.54) is 5.57 Å². The maximum atomic E-state index is 9.45. The highest BCUT2D eigenvalue weighted by Crippen LogP contribution is 2.51. The first-order chi connectivity index (χ1) is 17.5. The Hall–Kier alpha value is -1.34. The molecular weight excluding hydrogens is 452 g/mol. The van der Waals surface area contributed by atoms with Gasteiger partial charge in [0.1, 0.15) is 6.10 Å². The SMILES string of the molecule is CCC#CCC(C)(C)[C@@H](C#C[C@@H]1[C@H]2CC(=CCO)C[C@H]2C[C@H]1OC1CCCCO1)OC1CCCCO1. The van der Waals surface area contributed by atoms with E-state index in [1.54, 1.807) is 0 Å². The Labute approximate surface area is 218 Å². The van der Waals surface area contributed by atoms with Crippen molar-refractivity contribution in [2.24, 2.45) is 23.2 Å². The average molecular weight is 499 g/mol. The minimum absolute atomic E-state index is 0.0841. The monoisotopic (exact) mass is 498 g/mol. The summed E-state index contributed by atoms with van der Waals surface area (Å²) in [5, 5.41) is 9.45. The molecule has 0 aromatic rings. The first kappa shape index (κ1) is 27.7. The second kappa shape index (κ2) is 13.5. The summed E-state index contributed by atoms with van der Waals surface area (Å²) in [7, 11) is 0. The van der Waals surface area contributed by atoms with E-state index in [-0.39, 0.29) is 42.7 Å². The fourth-order valence-electron chi connectivity index (χ4n) is 6.15.